The third-order valence-corrected chi connectivity index (χ3v) is 3.88. The highest BCUT2D eigenvalue weighted by atomic mass is 35.5. The van der Waals surface area contributed by atoms with Gasteiger partial charge in [-0.1, -0.05) is 23.7 Å². The average molecular weight is 312 g/mol. The van der Waals surface area contributed by atoms with Gasteiger partial charge in [-0.25, -0.2) is 9.78 Å². The zero-order chi connectivity index (χ0) is 14.0. The number of thiazole rings is 1. The minimum Gasteiger partial charge on any atom is -0.275 e. The van der Waals surface area contributed by atoms with E-state index in [2.05, 4.69) is 4.98 Å². The predicted molar refractivity (Wildman–Crippen MR) is 77.3 cm³/mol. The Morgan fingerprint density at radius 1 is 1.32 bits per heavy atom. The Morgan fingerprint density at radius 3 is 2.47 bits per heavy atom. The second-order valence-corrected chi connectivity index (χ2v) is 5.66. The Morgan fingerprint density at radius 2 is 1.95 bits per heavy atom. The Hall–Kier alpha value is -1.45. The number of carbonyl (C=O) groups is 1. The van der Waals surface area contributed by atoms with Gasteiger partial charge in [0.2, 0.25) is 0 Å². The van der Waals surface area contributed by atoms with Gasteiger partial charge in [0.25, 0.3) is 5.24 Å². The van der Waals surface area contributed by atoms with E-state index in [4.69, 9.17) is 23.2 Å². The maximum atomic E-state index is 11.1. The minimum atomic E-state index is -0.856. The lowest BCUT2D eigenvalue weighted by atomic mass is 10.2. The quantitative estimate of drug-likeness (QED) is 0.492. The van der Waals surface area contributed by atoms with Crippen molar-refractivity contribution in [3.05, 3.63) is 39.9 Å². The summed E-state index contributed by atoms with van der Waals surface area (Å²) in [5.74, 6) is 1.54. The van der Waals surface area contributed by atoms with Crippen LogP contribution in [0.3, 0.4) is 0 Å². The lowest BCUT2D eigenvalue weighted by molar-refractivity contribution is -0.106. The van der Waals surface area contributed by atoms with Crippen LogP contribution in [0.1, 0.15) is 10.6 Å². The average Bonchev–Trinajstić information content (AvgIpc) is 2.73. The number of allylic oxidation sites excluding steroid dienone is 1. The fraction of sp³-hybridized carbons (Fsp3) is 0.0769. The number of halogens is 2. The summed E-state index contributed by atoms with van der Waals surface area (Å²) in [6.45, 7) is 1.77. The summed E-state index contributed by atoms with van der Waals surface area (Å²) in [7, 11) is 0. The van der Waals surface area contributed by atoms with Crippen LogP contribution in [0.25, 0.3) is 16.1 Å². The second-order valence-electron chi connectivity index (χ2n) is 3.68. The first kappa shape index (κ1) is 14.0. The van der Waals surface area contributed by atoms with Crippen LogP contribution < -0.4 is 0 Å². The third-order valence-electron chi connectivity index (χ3n) is 2.42. The van der Waals surface area contributed by atoms with E-state index in [9.17, 15) is 9.59 Å². The largest absolute Gasteiger partial charge is 0.275 e. The molecule has 0 aliphatic carbocycles. The van der Waals surface area contributed by atoms with Gasteiger partial charge in [0.05, 0.1) is 0 Å². The van der Waals surface area contributed by atoms with Crippen molar-refractivity contribution in [1.29, 1.82) is 0 Å². The summed E-state index contributed by atoms with van der Waals surface area (Å²) in [5.41, 5.74) is 0.900. The molecule has 2 aromatic rings. The summed E-state index contributed by atoms with van der Waals surface area (Å²) >= 11 is 12.5. The normalized spacial score (nSPS) is 10.1. The smallest absolute Gasteiger partial charge is 0.265 e. The van der Waals surface area contributed by atoms with Gasteiger partial charge in [-0.15, -0.1) is 11.3 Å². The Balaban J connectivity index is 2.50. The standard InChI is InChI=1S/C13H7Cl2NO2S/c1-7-11(10(6-17)12(15)18)16-13(19-7)8-2-4-9(14)5-3-8/h2-5H,1H3. The molecule has 0 unspecified atom stereocenters. The number of rotatable bonds is 3. The molecule has 6 heteroatoms. The maximum Gasteiger partial charge on any atom is 0.265 e. The molecule has 2 rings (SSSR count). The lowest BCUT2D eigenvalue weighted by Crippen LogP contribution is -1.96. The summed E-state index contributed by atoms with van der Waals surface area (Å²) in [5, 5.41) is 0.461. The van der Waals surface area contributed by atoms with Crippen LogP contribution in [0.15, 0.2) is 24.3 Å². The maximum absolute atomic E-state index is 11.1. The molecule has 0 fully saturated rings. The zero-order valence-corrected chi connectivity index (χ0v) is 12.1. The van der Waals surface area contributed by atoms with Crippen LogP contribution in [0.5, 0.6) is 0 Å². The molecule has 1 heterocycles. The third kappa shape index (κ3) is 2.94. The number of carbonyl (C=O) groups excluding carboxylic acids is 2. The van der Waals surface area contributed by atoms with Gasteiger partial charge in [-0.2, -0.15) is 0 Å². The molecule has 0 aliphatic rings. The van der Waals surface area contributed by atoms with Crippen LogP contribution in [0.4, 0.5) is 0 Å². The van der Waals surface area contributed by atoms with Crippen molar-refractivity contribution in [2.24, 2.45) is 0 Å². The molecule has 1 aromatic carbocycles. The van der Waals surface area contributed by atoms with Crippen LogP contribution in [0.2, 0.25) is 5.02 Å². The highest BCUT2D eigenvalue weighted by molar-refractivity contribution is 7.15. The monoisotopic (exact) mass is 311 g/mol. The van der Waals surface area contributed by atoms with Gasteiger partial charge in [-0.05, 0) is 30.7 Å². The SMILES string of the molecule is Cc1sc(-c2ccc(Cl)cc2)nc1C(=C=O)C(=O)Cl. The number of aromatic nitrogens is 1. The van der Waals surface area contributed by atoms with E-state index in [1.54, 1.807) is 25.0 Å². The van der Waals surface area contributed by atoms with Crippen LogP contribution in [-0.4, -0.2) is 16.2 Å². The van der Waals surface area contributed by atoms with Crippen LogP contribution >= 0.6 is 34.5 Å². The molecule has 3 nitrogen and oxygen atoms in total. The fourth-order valence-corrected chi connectivity index (χ4v) is 2.71. The molecular weight excluding hydrogens is 305 g/mol. The molecule has 0 N–H and O–H groups in total. The molecule has 0 saturated heterocycles. The van der Waals surface area contributed by atoms with Crippen molar-refractivity contribution >= 4 is 51.3 Å². The van der Waals surface area contributed by atoms with E-state index in [0.717, 1.165) is 10.4 Å². The molecular formula is C13H7Cl2NO2S. The number of nitrogens with zero attached hydrogens (tertiary/aromatic N) is 1. The fourth-order valence-electron chi connectivity index (χ4n) is 1.53. The van der Waals surface area contributed by atoms with Crippen molar-refractivity contribution in [2.45, 2.75) is 6.92 Å². The molecule has 0 spiro atoms. The number of hydrogen-bond acceptors (Lipinski definition) is 4. The summed E-state index contributed by atoms with van der Waals surface area (Å²) in [4.78, 5) is 26.9. The van der Waals surface area contributed by atoms with E-state index in [-0.39, 0.29) is 11.3 Å². The molecule has 1 aromatic heterocycles. The van der Waals surface area contributed by atoms with Gasteiger partial charge in [-0.3, -0.25) is 4.79 Å². The molecule has 19 heavy (non-hydrogen) atoms. The molecule has 0 amide bonds. The molecule has 0 aliphatic heterocycles. The second kappa shape index (κ2) is 5.68. The predicted octanol–water partition coefficient (Wildman–Crippen LogP) is 3.75. The van der Waals surface area contributed by atoms with Gasteiger partial charge in [0.15, 0.2) is 0 Å². The zero-order valence-electron chi connectivity index (χ0n) is 9.74. The molecule has 0 atom stereocenters. The van der Waals surface area contributed by atoms with E-state index >= 15 is 0 Å². The van der Waals surface area contributed by atoms with Crippen molar-refractivity contribution in [3.63, 3.8) is 0 Å². The summed E-state index contributed by atoms with van der Waals surface area (Å²) in [6, 6.07) is 7.13. The van der Waals surface area contributed by atoms with E-state index < -0.39 is 5.24 Å². The van der Waals surface area contributed by atoms with Crippen LogP contribution in [0, 0.1) is 6.92 Å². The van der Waals surface area contributed by atoms with Gasteiger partial charge < -0.3 is 0 Å². The molecule has 0 saturated carbocycles. The number of hydrogen-bond donors (Lipinski definition) is 0. The van der Waals surface area contributed by atoms with Crippen molar-refractivity contribution in [3.8, 4) is 10.6 Å². The highest BCUT2D eigenvalue weighted by Gasteiger charge is 2.18. The first-order valence-corrected chi connectivity index (χ1v) is 6.79. The Labute approximate surface area is 123 Å². The van der Waals surface area contributed by atoms with Gasteiger partial charge in [0, 0.05) is 15.5 Å². The van der Waals surface area contributed by atoms with E-state index in [0.29, 0.717) is 10.0 Å². The van der Waals surface area contributed by atoms with Gasteiger partial charge in [0.1, 0.15) is 22.2 Å². The van der Waals surface area contributed by atoms with Crippen molar-refractivity contribution in [2.75, 3.05) is 0 Å². The Bertz CT molecular complexity index is 685. The Kier molecular flexibility index (Phi) is 4.17. The summed E-state index contributed by atoms with van der Waals surface area (Å²) in [6.07, 6.45) is 0. The van der Waals surface area contributed by atoms with E-state index in [1.165, 1.54) is 11.3 Å². The minimum absolute atomic E-state index is 0.240. The topological polar surface area (TPSA) is 47.0 Å². The van der Waals surface area contributed by atoms with Crippen molar-refractivity contribution < 1.29 is 9.59 Å². The summed E-state index contributed by atoms with van der Waals surface area (Å²) < 4.78 is 0. The van der Waals surface area contributed by atoms with Gasteiger partial charge >= 0.3 is 0 Å². The van der Waals surface area contributed by atoms with E-state index in [1.807, 2.05) is 12.1 Å². The first-order chi connectivity index (χ1) is 9.02. The molecule has 0 bridgehead atoms. The van der Waals surface area contributed by atoms with Crippen molar-refractivity contribution in [1.82, 2.24) is 4.98 Å². The lowest BCUT2D eigenvalue weighted by Gasteiger charge is -1.95. The number of aryl methyl sites for hydroxylation is 1. The number of benzene rings is 1. The van der Waals surface area contributed by atoms with Crippen LogP contribution in [-0.2, 0) is 9.59 Å². The first-order valence-electron chi connectivity index (χ1n) is 5.21. The molecule has 0 radical (unpaired) electrons. The molecule has 96 valence electrons. The highest BCUT2D eigenvalue weighted by Crippen LogP contribution is 2.31.